The Kier molecular flexibility index (Phi) is 6.62. The summed E-state index contributed by atoms with van der Waals surface area (Å²) in [5.41, 5.74) is 0.340. The van der Waals surface area contributed by atoms with Gasteiger partial charge in [0, 0.05) is 36.3 Å². The number of carbonyl (C=O) groups excluding carboxylic acids is 3. The van der Waals surface area contributed by atoms with Crippen LogP contribution in [0.5, 0.6) is 0 Å². The topological polar surface area (TPSA) is 114 Å². The Morgan fingerprint density at radius 3 is 2.45 bits per heavy atom. The van der Waals surface area contributed by atoms with Crippen LogP contribution in [0.15, 0.2) is 34.9 Å². The summed E-state index contributed by atoms with van der Waals surface area (Å²) in [7, 11) is 0. The number of piperidine rings is 1. The Morgan fingerprint density at radius 2 is 1.84 bits per heavy atom. The number of aromatic nitrogens is 1. The molecule has 1 aliphatic heterocycles. The lowest BCUT2D eigenvalue weighted by Gasteiger charge is -2.31. The predicted octanol–water partition coefficient (Wildman–Crippen LogP) is 3.82. The Hall–Kier alpha value is -3.36. The lowest BCUT2D eigenvalue weighted by atomic mass is 9.95. The van der Waals surface area contributed by atoms with Crippen molar-refractivity contribution in [1.29, 1.82) is 0 Å². The van der Waals surface area contributed by atoms with Gasteiger partial charge in [-0.05, 0) is 58.7 Å². The largest absolute Gasteiger partial charge is 0.444 e. The van der Waals surface area contributed by atoms with Crippen LogP contribution in [0.25, 0.3) is 0 Å². The highest BCUT2D eigenvalue weighted by Gasteiger charge is 2.28. The molecule has 0 atom stereocenters. The van der Waals surface area contributed by atoms with Gasteiger partial charge in [0.15, 0.2) is 5.82 Å². The Balaban J connectivity index is 1.54. The fourth-order valence-electron chi connectivity index (χ4n) is 3.33. The van der Waals surface area contributed by atoms with Crippen molar-refractivity contribution in [3.63, 3.8) is 0 Å². The smallest absolute Gasteiger partial charge is 0.412 e. The molecule has 0 radical (unpaired) electrons. The van der Waals surface area contributed by atoms with E-state index in [1.165, 1.54) is 0 Å². The number of amides is 3. The highest BCUT2D eigenvalue weighted by Crippen LogP contribution is 2.22. The molecule has 1 aliphatic rings. The second kappa shape index (κ2) is 9.20. The molecule has 0 bridgehead atoms. The Morgan fingerprint density at radius 1 is 1.13 bits per heavy atom. The van der Waals surface area contributed by atoms with Gasteiger partial charge in [-0.25, -0.2) is 4.79 Å². The van der Waals surface area contributed by atoms with E-state index in [-0.39, 0.29) is 17.7 Å². The summed E-state index contributed by atoms with van der Waals surface area (Å²) in [5.74, 6) is 0.568. The van der Waals surface area contributed by atoms with Crippen molar-refractivity contribution in [2.24, 2.45) is 5.92 Å². The van der Waals surface area contributed by atoms with E-state index in [0.717, 1.165) is 0 Å². The number of benzene rings is 1. The number of anilines is 2. The number of rotatable bonds is 4. The van der Waals surface area contributed by atoms with Gasteiger partial charge in [0.05, 0.1) is 0 Å². The predicted molar refractivity (Wildman–Crippen MR) is 115 cm³/mol. The van der Waals surface area contributed by atoms with Gasteiger partial charge in [-0.2, -0.15) is 0 Å². The molecule has 1 aromatic heterocycles. The molecule has 9 nitrogen and oxygen atoms in total. The van der Waals surface area contributed by atoms with Crippen LogP contribution in [0.2, 0.25) is 0 Å². The van der Waals surface area contributed by atoms with E-state index < -0.39 is 11.7 Å². The second-order valence-corrected chi connectivity index (χ2v) is 8.59. The molecule has 2 aromatic rings. The summed E-state index contributed by atoms with van der Waals surface area (Å²) >= 11 is 0. The highest BCUT2D eigenvalue weighted by atomic mass is 16.6. The minimum absolute atomic E-state index is 0.121. The number of ether oxygens (including phenoxy) is 1. The maximum Gasteiger partial charge on any atom is 0.412 e. The normalized spacial score (nSPS) is 14.8. The lowest BCUT2D eigenvalue weighted by molar-refractivity contribution is -0.121. The first-order chi connectivity index (χ1) is 14.6. The molecular weight excluding hydrogens is 400 g/mol. The summed E-state index contributed by atoms with van der Waals surface area (Å²) < 4.78 is 10.2. The molecule has 1 aromatic carbocycles. The zero-order valence-corrected chi connectivity index (χ0v) is 18.2. The van der Waals surface area contributed by atoms with Crippen LogP contribution < -0.4 is 10.6 Å². The van der Waals surface area contributed by atoms with E-state index >= 15 is 0 Å². The average molecular weight is 428 g/mol. The molecule has 3 amide bonds. The maximum absolute atomic E-state index is 12.9. The molecule has 2 N–H and O–H groups in total. The van der Waals surface area contributed by atoms with Crippen molar-refractivity contribution in [2.75, 3.05) is 23.7 Å². The fourth-order valence-corrected chi connectivity index (χ4v) is 3.33. The average Bonchev–Trinajstić information content (AvgIpc) is 3.10. The van der Waals surface area contributed by atoms with Crippen LogP contribution in [0.4, 0.5) is 16.3 Å². The van der Waals surface area contributed by atoms with E-state index in [2.05, 4.69) is 15.8 Å². The third-order valence-corrected chi connectivity index (χ3v) is 4.79. The first-order valence-electron chi connectivity index (χ1n) is 10.2. The van der Waals surface area contributed by atoms with Crippen LogP contribution >= 0.6 is 0 Å². The summed E-state index contributed by atoms with van der Waals surface area (Å²) in [6.07, 6.45) is 0.542. The van der Waals surface area contributed by atoms with Gasteiger partial charge in [-0.1, -0.05) is 11.2 Å². The Labute approximate surface area is 181 Å². The zero-order valence-electron chi connectivity index (χ0n) is 18.2. The molecule has 1 saturated heterocycles. The molecule has 166 valence electrons. The Bertz CT molecular complexity index is 955. The van der Waals surface area contributed by atoms with Gasteiger partial charge in [0.25, 0.3) is 5.91 Å². The fraction of sp³-hybridized carbons (Fsp3) is 0.455. The molecule has 0 unspecified atom stereocenters. The molecule has 0 saturated carbocycles. The van der Waals surface area contributed by atoms with E-state index in [0.29, 0.717) is 48.8 Å². The number of carbonyl (C=O) groups is 3. The van der Waals surface area contributed by atoms with Crippen LogP contribution in [0, 0.1) is 12.8 Å². The number of aryl methyl sites for hydroxylation is 1. The van der Waals surface area contributed by atoms with Gasteiger partial charge in [0.1, 0.15) is 11.4 Å². The summed E-state index contributed by atoms with van der Waals surface area (Å²) in [6.45, 7) is 8.04. The molecule has 2 heterocycles. The molecule has 1 fully saturated rings. The maximum atomic E-state index is 12.9. The quantitative estimate of drug-likeness (QED) is 0.765. The molecule has 31 heavy (non-hydrogen) atoms. The third kappa shape index (κ3) is 6.31. The van der Waals surface area contributed by atoms with Crippen molar-refractivity contribution >= 4 is 29.4 Å². The molecule has 3 rings (SSSR count). The number of hydrogen-bond acceptors (Lipinski definition) is 6. The van der Waals surface area contributed by atoms with Gasteiger partial charge in [0.2, 0.25) is 5.91 Å². The first kappa shape index (κ1) is 22.3. The van der Waals surface area contributed by atoms with Crippen LogP contribution in [-0.2, 0) is 9.53 Å². The summed E-state index contributed by atoms with van der Waals surface area (Å²) in [5, 5.41) is 9.17. The number of likely N-dealkylation sites (tertiary alicyclic amines) is 1. The SMILES string of the molecule is Cc1cc(NC(=O)C2CCN(C(=O)c3cccc(NC(=O)OC(C)(C)C)c3)CC2)no1. The van der Waals surface area contributed by atoms with Gasteiger partial charge in [-0.3, -0.25) is 14.9 Å². The van der Waals surface area contributed by atoms with Gasteiger partial charge in [-0.15, -0.1) is 0 Å². The third-order valence-electron chi connectivity index (χ3n) is 4.79. The molecular formula is C22H28N4O5. The lowest BCUT2D eigenvalue weighted by Crippen LogP contribution is -2.41. The van der Waals surface area contributed by atoms with E-state index in [4.69, 9.17) is 9.26 Å². The second-order valence-electron chi connectivity index (χ2n) is 8.59. The number of hydrogen-bond donors (Lipinski definition) is 2. The highest BCUT2D eigenvalue weighted by molar-refractivity contribution is 5.97. The number of nitrogens with one attached hydrogen (secondary N) is 2. The van der Waals surface area contributed by atoms with Crippen molar-refractivity contribution in [1.82, 2.24) is 10.1 Å². The van der Waals surface area contributed by atoms with Crippen LogP contribution in [0.3, 0.4) is 0 Å². The summed E-state index contributed by atoms with van der Waals surface area (Å²) in [6, 6.07) is 8.39. The summed E-state index contributed by atoms with van der Waals surface area (Å²) in [4.78, 5) is 39.0. The van der Waals surface area contributed by atoms with Crippen molar-refractivity contribution in [2.45, 2.75) is 46.1 Å². The molecule has 9 heteroatoms. The monoisotopic (exact) mass is 428 g/mol. The molecule has 0 spiro atoms. The first-order valence-corrected chi connectivity index (χ1v) is 10.2. The van der Waals surface area contributed by atoms with Crippen LogP contribution in [0.1, 0.15) is 49.7 Å². The van der Waals surface area contributed by atoms with Crippen molar-refractivity contribution in [3.05, 3.63) is 41.7 Å². The minimum atomic E-state index is -0.610. The minimum Gasteiger partial charge on any atom is -0.444 e. The van der Waals surface area contributed by atoms with Crippen LogP contribution in [-0.4, -0.2) is 46.7 Å². The van der Waals surface area contributed by atoms with E-state index in [9.17, 15) is 14.4 Å². The van der Waals surface area contributed by atoms with E-state index in [1.54, 1.807) is 62.9 Å². The van der Waals surface area contributed by atoms with Crippen molar-refractivity contribution < 1.29 is 23.6 Å². The van der Waals surface area contributed by atoms with Gasteiger partial charge >= 0.3 is 6.09 Å². The zero-order chi connectivity index (χ0) is 22.6. The van der Waals surface area contributed by atoms with E-state index in [1.807, 2.05) is 0 Å². The van der Waals surface area contributed by atoms with Gasteiger partial charge < -0.3 is 19.5 Å². The number of nitrogens with zero attached hydrogens (tertiary/aromatic N) is 2. The van der Waals surface area contributed by atoms with Crippen molar-refractivity contribution in [3.8, 4) is 0 Å². The molecule has 0 aliphatic carbocycles. The standard InChI is InChI=1S/C22H28N4O5/c1-14-12-18(25-31-14)24-19(27)15-8-10-26(11-9-15)20(28)16-6-5-7-17(13-16)23-21(29)30-22(2,3)4/h5-7,12-13,15H,8-11H2,1-4H3,(H,23,29)(H,24,25,27).